The molecule has 1 aromatic heterocycles. The number of halogens is 1. The third-order valence-corrected chi connectivity index (χ3v) is 4.42. The third kappa shape index (κ3) is 3.91. The van der Waals surface area contributed by atoms with Crippen molar-refractivity contribution in [2.45, 2.75) is 26.7 Å². The molecule has 0 aliphatic carbocycles. The van der Waals surface area contributed by atoms with E-state index in [0.29, 0.717) is 34.8 Å². The standard InChI is InChI=1S/C21H23FN4O3/c1-5-7-12(10-24-6-2)17-20-18(14(11-25-17)21(27)23-3)26-19-15(28-4)8-13(22)9-16(19)29-20/h6,8-11,26H,5,7H2,1-4H3,(H,23,27)/b12-10+,24-6?. The summed E-state index contributed by atoms with van der Waals surface area (Å²) in [6, 6.07) is 2.51. The molecule has 0 atom stereocenters. The minimum absolute atomic E-state index is 0.251. The van der Waals surface area contributed by atoms with Crippen molar-refractivity contribution >= 4 is 29.1 Å². The number of hydrogen-bond donors (Lipinski definition) is 2. The number of carbonyl (C=O) groups is 1. The molecule has 29 heavy (non-hydrogen) atoms. The predicted octanol–water partition coefficient (Wildman–Crippen LogP) is 4.67. The number of carbonyl (C=O) groups excluding carboxylic acids is 1. The second kappa shape index (κ2) is 8.72. The number of anilines is 2. The highest BCUT2D eigenvalue weighted by Gasteiger charge is 2.29. The molecule has 1 amide bonds. The second-order valence-corrected chi connectivity index (χ2v) is 6.32. The number of rotatable bonds is 6. The molecule has 1 aliphatic heterocycles. The first-order chi connectivity index (χ1) is 14.0. The zero-order valence-corrected chi connectivity index (χ0v) is 16.8. The van der Waals surface area contributed by atoms with Gasteiger partial charge in [0.2, 0.25) is 0 Å². The van der Waals surface area contributed by atoms with Crippen LogP contribution in [0.25, 0.3) is 5.57 Å². The Labute approximate surface area is 168 Å². The van der Waals surface area contributed by atoms with Crippen molar-refractivity contribution in [2.24, 2.45) is 4.99 Å². The molecule has 2 heterocycles. The fourth-order valence-corrected chi connectivity index (χ4v) is 3.09. The first kappa shape index (κ1) is 20.3. The molecule has 1 aliphatic rings. The van der Waals surface area contributed by atoms with Gasteiger partial charge in [-0.3, -0.25) is 14.8 Å². The van der Waals surface area contributed by atoms with E-state index in [4.69, 9.17) is 9.47 Å². The van der Waals surface area contributed by atoms with Crippen LogP contribution in [-0.2, 0) is 0 Å². The summed E-state index contributed by atoms with van der Waals surface area (Å²) in [6.45, 7) is 3.87. The van der Waals surface area contributed by atoms with Gasteiger partial charge in [-0.25, -0.2) is 4.39 Å². The molecular weight excluding hydrogens is 375 g/mol. The van der Waals surface area contributed by atoms with E-state index in [0.717, 1.165) is 12.0 Å². The summed E-state index contributed by atoms with van der Waals surface area (Å²) < 4.78 is 25.4. The number of aliphatic imine (C=N–C) groups is 1. The van der Waals surface area contributed by atoms with Crippen LogP contribution in [0.3, 0.4) is 0 Å². The van der Waals surface area contributed by atoms with Crippen LogP contribution in [0.1, 0.15) is 42.7 Å². The summed E-state index contributed by atoms with van der Waals surface area (Å²) in [7, 11) is 2.98. The average Bonchev–Trinajstić information content (AvgIpc) is 2.73. The lowest BCUT2D eigenvalue weighted by atomic mass is 10.0. The SMILES string of the molecule is CC=N/C=C(\CCC)c1ncc(C(=O)NC)c2c1Oc1cc(F)cc(OC)c1N2. The number of methoxy groups -OCH3 is 1. The van der Waals surface area contributed by atoms with Crippen LogP contribution in [0.5, 0.6) is 17.2 Å². The number of amides is 1. The summed E-state index contributed by atoms with van der Waals surface area (Å²) in [5, 5.41) is 5.78. The third-order valence-electron chi connectivity index (χ3n) is 4.42. The van der Waals surface area contributed by atoms with Crippen LogP contribution in [0, 0.1) is 5.82 Å². The zero-order chi connectivity index (χ0) is 21.0. The molecule has 7 nitrogen and oxygen atoms in total. The summed E-state index contributed by atoms with van der Waals surface area (Å²) in [5.41, 5.74) is 2.57. The van der Waals surface area contributed by atoms with E-state index in [2.05, 4.69) is 20.6 Å². The normalized spacial score (nSPS) is 12.7. The maximum Gasteiger partial charge on any atom is 0.254 e. The molecular formula is C21H23FN4O3. The van der Waals surface area contributed by atoms with Gasteiger partial charge in [0.1, 0.15) is 22.9 Å². The first-order valence-corrected chi connectivity index (χ1v) is 9.28. The van der Waals surface area contributed by atoms with Gasteiger partial charge in [-0.2, -0.15) is 0 Å². The van der Waals surface area contributed by atoms with Crippen LogP contribution in [0.2, 0.25) is 0 Å². The molecule has 3 rings (SSSR count). The number of fused-ring (bicyclic) bond motifs is 2. The lowest BCUT2D eigenvalue weighted by molar-refractivity contribution is 0.0963. The van der Waals surface area contributed by atoms with Crippen molar-refractivity contribution in [3.05, 3.63) is 41.6 Å². The Morgan fingerprint density at radius 2 is 2.21 bits per heavy atom. The number of pyridine rings is 1. The number of ether oxygens (including phenoxy) is 2. The van der Waals surface area contributed by atoms with E-state index >= 15 is 0 Å². The average molecular weight is 398 g/mol. The minimum atomic E-state index is -0.497. The second-order valence-electron chi connectivity index (χ2n) is 6.32. The Morgan fingerprint density at radius 3 is 2.86 bits per heavy atom. The number of nitrogens with one attached hydrogen (secondary N) is 2. The Bertz CT molecular complexity index is 1000. The van der Waals surface area contributed by atoms with E-state index in [-0.39, 0.29) is 17.4 Å². The van der Waals surface area contributed by atoms with Crippen molar-refractivity contribution < 1.29 is 18.7 Å². The van der Waals surface area contributed by atoms with Gasteiger partial charge in [0.15, 0.2) is 11.5 Å². The van der Waals surface area contributed by atoms with Crippen molar-refractivity contribution in [2.75, 3.05) is 19.5 Å². The van der Waals surface area contributed by atoms with Crippen molar-refractivity contribution in [3.8, 4) is 17.2 Å². The maximum absolute atomic E-state index is 14.0. The number of benzene rings is 1. The smallest absolute Gasteiger partial charge is 0.254 e. The number of aromatic nitrogens is 1. The highest BCUT2D eigenvalue weighted by atomic mass is 19.1. The van der Waals surface area contributed by atoms with Gasteiger partial charge in [-0.1, -0.05) is 13.3 Å². The molecule has 8 heteroatoms. The summed E-state index contributed by atoms with van der Waals surface area (Å²) in [5.74, 6) is 0.0431. The predicted molar refractivity (Wildman–Crippen MR) is 111 cm³/mol. The van der Waals surface area contributed by atoms with Crippen LogP contribution >= 0.6 is 0 Å². The van der Waals surface area contributed by atoms with E-state index in [1.807, 2.05) is 13.8 Å². The van der Waals surface area contributed by atoms with Gasteiger partial charge < -0.3 is 20.1 Å². The minimum Gasteiger partial charge on any atom is -0.494 e. The molecule has 0 bridgehead atoms. The molecule has 0 saturated heterocycles. The first-order valence-electron chi connectivity index (χ1n) is 9.28. The highest BCUT2D eigenvalue weighted by Crippen LogP contribution is 2.50. The summed E-state index contributed by atoms with van der Waals surface area (Å²) >= 11 is 0. The van der Waals surface area contributed by atoms with Gasteiger partial charge in [0, 0.05) is 37.8 Å². The molecule has 0 spiro atoms. The Balaban J connectivity index is 2.23. The molecule has 0 radical (unpaired) electrons. The monoisotopic (exact) mass is 398 g/mol. The molecule has 1 aromatic carbocycles. The highest BCUT2D eigenvalue weighted by molar-refractivity contribution is 6.03. The van der Waals surface area contributed by atoms with Crippen LogP contribution in [0.4, 0.5) is 15.8 Å². The maximum atomic E-state index is 14.0. The van der Waals surface area contributed by atoms with Gasteiger partial charge in [-0.05, 0) is 18.9 Å². The fraction of sp³-hybridized carbons (Fsp3) is 0.286. The van der Waals surface area contributed by atoms with Gasteiger partial charge in [0.05, 0.1) is 18.4 Å². The van der Waals surface area contributed by atoms with Crippen molar-refractivity contribution in [1.29, 1.82) is 0 Å². The van der Waals surface area contributed by atoms with Crippen LogP contribution < -0.4 is 20.1 Å². The number of hydrogen-bond acceptors (Lipinski definition) is 6. The number of allylic oxidation sites excluding steroid dienone is 1. The molecule has 0 fully saturated rings. The van der Waals surface area contributed by atoms with E-state index in [1.54, 1.807) is 12.4 Å². The summed E-state index contributed by atoms with van der Waals surface area (Å²) in [6.07, 6.45) is 6.46. The fourth-order valence-electron chi connectivity index (χ4n) is 3.09. The molecule has 152 valence electrons. The quantitative estimate of drug-likeness (QED) is 0.590. The molecule has 2 N–H and O–H groups in total. The van der Waals surface area contributed by atoms with Gasteiger partial charge in [0.25, 0.3) is 5.91 Å². The summed E-state index contributed by atoms with van der Waals surface area (Å²) in [4.78, 5) is 21.1. The van der Waals surface area contributed by atoms with E-state index in [1.165, 1.54) is 32.5 Å². The molecule has 2 aromatic rings. The molecule has 0 unspecified atom stereocenters. The molecule has 0 saturated carbocycles. The van der Waals surface area contributed by atoms with E-state index < -0.39 is 5.82 Å². The van der Waals surface area contributed by atoms with Crippen LogP contribution in [0.15, 0.2) is 29.5 Å². The van der Waals surface area contributed by atoms with Crippen LogP contribution in [-0.4, -0.2) is 31.3 Å². The van der Waals surface area contributed by atoms with Gasteiger partial charge in [-0.15, -0.1) is 0 Å². The van der Waals surface area contributed by atoms with Crippen molar-refractivity contribution in [3.63, 3.8) is 0 Å². The topological polar surface area (TPSA) is 84.8 Å². The van der Waals surface area contributed by atoms with Gasteiger partial charge >= 0.3 is 0 Å². The lowest BCUT2D eigenvalue weighted by Gasteiger charge is -2.27. The van der Waals surface area contributed by atoms with Crippen molar-refractivity contribution in [1.82, 2.24) is 10.3 Å². The zero-order valence-electron chi connectivity index (χ0n) is 16.8. The van der Waals surface area contributed by atoms with E-state index in [9.17, 15) is 9.18 Å². The largest absolute Gasteiger partial charge is 0.494 e. The Hall–Kier alpha value is -3.42. The Morgan fingerprint density at radius 1 is 1.41 bits per heavy atom. The lowest BCUT2D eigenvalue weighted by Crippen LogP contribution is -2.21. The number of nitrogens with zero attached hydrogens (tertiary/aromatic N) is 2. The Kier molecular flexibility index (Phi) is 6.11.